The number of rotatable bonds is 2. The van der Waals surface area contributed by atoms with E-state index in [9.17, 15) is 10.1 Å². The minimum absolute atomic E-state index is 0.0631. The van der Waals surface area contributed by atoms with Gasteiger partial charge in [0.25, 0.3) is 5.69 Å². The van der Waals surface area contributed by atoms with Crippen molar-refractivity contribution < 1.29 is 10.0 Å². The van der Waals surface area contributed by atoms with Crippen LogP contribution in [0.15, 0.2) is 48.5 Å². The lowest BCUT2D eigenvalue weighted by Crippen LogP contribution is -1.91. The van der Waals surface area contributed by atoms with Crippen LogP contribution in [-0.2, 0) is 0 Å². The molecule has 0 saturated heterocycles. The maximum Gasteiger partial charge on any atom is 0.277 e. The summed E-state index contributed by atoms with van der Waals surface area (Å²) in [6.07, 6.45) is 0. The molecule has 0 aliphatic carbocycles. The highest BCUT2D eigenvalue weighted by atomic mass is 16.6. The lowest BCUT2D eigenvalue weighted by atomic mass is 10.0. The van der Waals surface area contributed by atoms with E-state index in [0.717, 1.165) is 0 Å². The topological polar surface area (TPSA) is 63.4 Å². The Morgan fingerprint density at radius 1 is 1.00 bits per heavy atom. The lowest BCUT2D eigenvalue weighted by Gasteiger charge is -2.02. The first kappa shape index (κ1) is 10.2. The number of para-hydroxylation sites is 1. The molecule has 2 rings (SSSR count). The molecule has 2 aromatic carbocycles. The average Bonchev–Trinajstić information content (AvgIpc) is 2.30. The van der Waals surface area contributed by atoms with Gasteiger partial charge in [0.15, 0.2) is 0 Å². The molecule has 0 aromatic heterocycles. The molecular formula is C12H9NO3. The van der Waals surface area contributed by atoms with Crippen LogP contribution in [-0.4, -0.2) is 10.0 Å². The van der Waals surface area contributed by atoms with Crippen molar-refractivity contribution >= 4 is 5.69 Å². The van der Waals surface area contributed by atoms with Crippen molar-refractivity contribution in [3.63, 3.8) is 0 Å². The number of phenols is 1. The lowest BCUT2D eigenvalue weighted by molar-refractivity contribution is -0.384. The number of phenolic OH excluding ortho intramolecular Hbond substituents is 1. The molecule has 0 atom stereocenters. The summed E-state index contributed by atoms with van der Waals surface area (Å²) >= 11 is 0. The number of hydrogen-bond donors (Lipinski definition) is 1. The predicted molar refractivity (Wildman–Crippen MR) is 60.2 cm³/mol. The first-order chi connectivity index (χ1) is 7.68. The third kappa shape index (κ3) is 1.86. The Bertz CT molecular complexity index is 520. The van der Waals surface area contributed by atoms with Crippen LogP contribution in [0.3, 0.4) is 0 Å². The number of nitrogens with zero attached hydrogens (tertiary/aromatic N) is 1. The van der Waals surface area contributed by atoms with Gasteiger partial charge in [-0.2, -0.15) is 0 Å². The van der Waals surface area contributed by atoms with E-state index in [4.69, 9.17) is 5.11 Å². The monoisotopic (exact) mass is 215 g/mol. The molecule has 16 heavy (non-hydrogen) atoms. The number of aromatic hydroxyl groups is 1. The van der Waals surface area contributed by atoms with E-state index in [-0.39, 0.29) is 11.4 Å². The van der Waals surface area contributed by atoms with Crippen LogP contribution in [0.25, 0.3) is 11.1 Å². The third-order valence-corrected chi connectivity index (χ3v) is 2.28. The van der Waals surface area contributed by atoms with Crippen molar-refractivity contribution in [2.24, 2.45) is 0 Å². The normalized spacial score (nSPS) is 10.0. The zero-order valence-electron chi connectivity index (χ0n) is 8.33. The van der Waals surface area contributed by atoms with Crippen molar-refractivity contribution in [2.75, 3.05) is 0 Å². The molecule has 0 aliphatic rings. The van der Waals surface area contributed by atoms with Gasteiger partial charge in [0.1, 0.15) is 5.75 Å². The van der Waals surface area contributed by atoms with Crippen molar-refractivity contribution in [1.29, 1.82) is 0 Å². The quantitative estimate of drug-likeness (QED) is 0.618. The second kappa shape index (κ2) is 4.02. The maximum atomic E-state index is 10.8. The summed E-state index contributed by atoms with van der Waals surface area (Å²) in [4.78, 5) is 10.4. The van der Waals surface area contributed by atoms with Gasteiger partial charge in [-0.15, -0.1) is 0 Å². The van der Waals surface area contributed by atoms with Gasteiger partial charge in [0.2, 0.25) is 0 Å². The van der Waals surface area contributed by atoms with Gasteiger partial charge in [0.05, 0.1) is 10.5 Å². The number of hydrogen-bond acceptors (Lipinski definition) is 3. The molecule has 0 bridgehead atoms. The van der Waals surface area contributed by atoms with Crippen LogP contribution in [0.1, 0.15) is 0 Å². The summed E-state index contributed by atoms with van der Waals surface area (Å²) < 4.78 is 0. The van der Waals surface area contributed by atoms with Gasteiger partial charge in [-0.05, 0) is 23.8 Å². The van der Waals surface area contributed by atoms with E-state index in [1.165, 1.54) is 18.2 Å². The second-order valence-electron chi connectivity index (χ2n) is 3.32. The Hall–Kier alpha value is -2.36. The highest BCUT2D eigenvalue weighted by molar-refractivity contribution is 5.73. The molecule has 0 amide bonds. The third-order valence-electron chi connectivity index (χ3n) is 2.28. The molecule has 2 aromatic rings. The van der Waals surface area contributed by atoms with Crippen LogP contribution in [0.4, 0.5) is 5.69 Å². The molecule has 4 heteroatoms. The molecular weight excluding hydrogens is 206 g/mol. The van der Waals surface area contributed by atoms with Gasteiger partial charge in [-0.1, -0.05) is 24.3 Å². The average molecular weight is 215 g/mol. The maximum absolute atomic E-state index is 10.8. The van der Waals surface area contributed by atoms with Crippen molar-refractivity contribution in [3.05, 3.63) is 58.6 Å². The van der Waals surface area contributed by atoms with Gasteiger partial charge >= 0.3 is 0 Å². The summed E-state index contributed by atoms with van der Waals surface area (Å²) in [7, 11) is 0. The zero-order valence-corrected chi connectivity index (χ0v) is 8.33. The molecule has 0 spiro atoms. The Balaban J connectivity index is 2.55. The highest BCUT2D eigenvalue weighted by Gasteiger charge is 2.13. The standard InChI is InChI=1S/C12H9NO3/c14-10-7-5-9(6-8-10)11-3-1-2-4-12(11)13(15)16/h1-8,14H. The molecule has 0 fully saturated rings. The zero-order chi connectivity index (χ0) is 11.5. The first-order valence-electron chi connectivity index (χ1n) is 4.71. The number of nitro benzene ring substituents is 1. The Morgan fingerprint density at radius 2 is 1.62 bits per heavy atom. The Kier molecular flexibility index (Phi) is 2.55. The molecule has 0 radical (unpaired) electrons. The summed E-state index contributed by atoms with van der Waals surface area (Å²) in [6, 6.07) is 12.8. The minimum Gasteiger partial charge on any atom is -0.508 e. The van der Waals surface area contributed by atoms with E-state index >= 15 is 0 Å². The van der Waals surface area contributed by atoms with Gasteiger partial charge in [0, 0.05) is 6.07 Å². The van der Waals surface area contributed by atoms with E-state index in [2.05, 4.69) is 0 Å². The Morgan fingerprint density at radius 3 is 2.25 bits per heavy atom. The number of benzene rings is 2. The summed E-state index contributed by atoms with van der Waals surface area (Å²) in [5.41, 5.74) is 1.32. The molecule has 0 saturated carbocycles. The molecule has 0 unspecified atom stereocenters. The summed E-state index contributed by atoms with van der Waals surface area (Å²) in [6.45, 7) is 0. The van der Waals surface area contributed by atoms with E-state index in [0.29, 0.717) is 11.1 Å². The SMILES string of the molecule is O=[N+]([O-])c1ccccc1-c1ccc(O)cc1. The van der Waals surface area contributed by atoms with Crippen molar-refractivity contribution in [1.82, 2.24) is 0 Å². The first-order valence-corrected chi connectivity index (χ1v) is 4.71. The molecule has 0 aliphatic heterocycles. The summed E-state index contributed by atoms with van der Waals surface area (Å²) in [5.74, 6) is 0.141. The second-order valence-corrected chi connectivity index (χ2v) is 3.32. The van der Waals surface area contributed by atoms with Crippen LogP contribution in [0.5, 0.6) is 5.75 Å². The van der Waals surface area contributed by atoms with Crippen molar-refractivity contribution in [2.45, 2.75) is 0 Å². The van der Waals surface area contributed by atoms with Gasteiger partial charge in [-0.25, -0.2) is 0 Å². The molecule has 1 N–H and O–H groups in total. The fraction of sp³-hybridized carbons (Fsp3) is 0. The van der Waals surface area contributed by atoms with E-state index in [1.54, 1.807) is 30.3 Å². The fourth-order valence-electron chi connectivity index (χ4n) is 1.52. The van der Waals surface area contributed by atoms with E-state index < -0.39 is 4.92 Å². The van der Waals surface area contributed by atoms with Crippen LogP contribution in [0, 0.1) is 10.1 Å². The van der Waals surface area contributed by atoms with Crippen LogP contribution < -0.4 is 0 Å². The minimum atomic E-state index is -0.414. The smallest absolute Gasteiger partial charge is 0.277 e. The summed E-state index contributed by atoms with van der Waals surface area (Å²) in [5, 5.41) is 20.0. The molecule has 0 heterocycles. The van der Waals surface area contributed by atoms with Crippen LogP contribution in [0.2, 0.25) is 0 Å². The van der Waals surface area contributed by atoms with Gasteiger partial charge < -0.3 is 5.11 Å². The molecule has 4 nitrogen and oxygen atoms in total. The van der Waals surface area contributed by atoms with Crippen LogP contribution >= 0.6 is 0 Å². The van der Waals surface area contributed by atoms with Gasteiger partial charge in [-0.3, -0.25) is 10.1 Å². The highest BCUT2D eigenvalue weighted by Crippen LogP contribution is 2.30. The molecule has 80 valence electrons. The predicted octanol–water partition coefficient (Wildman–Crippen LogP) is 2.97. The fourth-order valence-corrected chi connectivity index (χ4v) is 1.52. The Labute approximate surface area is 91.9 Å². The largest absolute Gasteiger partial charge is 0.508 e. The van der Waals surface area contributed by atoms with Crippen molar-refractivity contribution in [3.8, 4) is 16.9 Å². The number of nitro groups is 1. The van der Waals surface area contributed by atoms with E-state index in [1.807, 2.05) is 0 Å².